The van der Waals surface area contributed by atoms with Gasteiger partial charge in [0.05, 0.1) is 27.9 Å². The lowest BCUT2D eigenvalue weighted by Gasteiger charge is -2.29. The number of nitrogens with zero attached hydrogens (tertiary/aromatic N) is 4. The molecule has 2 heterocycles. The number of carbonyl (C=O) groups is 1. The van der Waals surface area contributed by atoms with Crippen LogP contribution in [-0.2, 0) is 19.4 Å². The standard InChI is InChI=1S/C24H26N4O5S/c1-30-19-12-17(13-20(31-2)22(19)32-3)23(29)27-9-10-34-24-26-25-21(28(24)27)14-33-18-8-7-15-5-4-6-16(15)11-18/h7-8,11-13H,4-6,9-10,14H2,1-3H3. The molecular formula is C24H26N4O5S. The summed E-state index contributed by atoms with van der Waals surface area (Å²) in [6.07, 6.45) is 3.40. The molecular weight excluding hydrogens is 456 g/mol. The summed E-state index contributed by atoms with van der Waals surface area (Å²) in [6, 6.07) is 9.52. The van der Waals surface area contributed by atoms with Crippen LogP contribution in [-0.4, -0.2) is 54.4 Å². The number of aromatic nitrogens is 3. The van der Waals surface area contributed by atoms with E-state index in [2.05, 4.69) is 22.3 Å². The first-order valence-corrected chi connectivity index (χ1v) is 12.1. The van der Waals surface area contributed by atoms with Crippen LogP contribution in [0.5, 0.6) is 23.0 Å². The first-order chi connectivity index (χ1) is 16.6. The van der Waals surface area contributed by atoms with Gasteiger partial charge in [0.25, 0.3) is 5.91 Å². The Bertz CT molecular complexity index is 1200. The lowest BCUT2D eigenvalue weighted by molar-refractivity contribution is 0.0952. The molecule has 2 aliphatic rings. The molecule has 10 heteroatoms. The molecule has 2 aromatic carbocycles. The van der Waals surface area contributed by atoms with Gasteiger partial charge in [-0.05, 0) is 54.7 Å². The molecule has 0 spiro atoms. The zero-order valence-electron chi connectivity index (χ0n) is 19.4. The maximum absolute atomic E-state index is 13.6. The van der Waals surface area contributed by atoms with Crippen molar-refractivity contribution in [3.8, 4) is 23.0 Å². The number of carbonyl (C=O) groups excluding carboxylic acids is 1. The van der Waals surface area contributed by atoms with E-state index in [1.165, 1.54) is 38.9 Å². The predicted octanol–water partition coefficient (Wildman–Crippen LogP) is 3.26. The van der Waals surface area contributed by atoms with E-state index in [1.54, 1.807) is 33.6 Å². The molecule has 0 radical (unpaired) electrons. The van der Waals surface area contributed by atoms with Gasteiger partial charge in [-0.25, -0.2) is 9.69 Å². The fourth-order valence-electron chi connectivity index (χ4n) is 4.37. The van der Waals surface area contributed by atoms with Crippen molar-refractivity contribution in [2.45, 2.75) is 31.0 Å². The summed E-state index contributed by atoms with van der Waals surface area (Å²) in [4.78, 5) is 13.6. The minimum absolute atomic E-state index is 0.200. The topological polar surface area (TPSA) is 87.9 Å². The van der Waals surface area contributed by atoms with Crippen molar-refractivity contribution >= 4 is 17.7 Å². The summed E-state index contributed by atoms with van der Waals surface area (Å²) in [5.74, 6) is 3.11. The van der Waals surface area contributed by atoms with E-state index in [9.17, 15) is 4.79 Å². The third-order valence-electron chi connectivity index (χ3n) is 6.04. The number of amides is 1. The smallest absolute Gasteiger partial charge is 0.273 e. The highest BCUT2D eigenvalue weighted by Gasteiger charge is 2.30. The van der Waals surface area contributed by atoms with Crippen LogP contribution in [0, 0.1) is 0 Å². The molecule has 1 aromatic heterocycles. The van der Waals surface area contributed by atoms with Crippen LogP contribution in [0.1, 0.15) is 33.7 Å². The van der Waals surface area contributed by atoms with Crippen molar-refractivity contribution in [2.24, 2.45) is 0 Å². The van der Waals surface area contributed by atoms with Gasteiger partial charge in [0.1, 0.15) is 12.4 Å². The first-order valence-electron chi connectivity index (χ1n) is 11.1. The lowest BCUT2D eigenvalue weighted by Crippen LogP contribution is -2.45. The number of methoxy groups -OCH3 is 3. The maximum Gasteiger partial charge on any atom is 0.273 e. The minimum atomic E-state index is -0.223. The molecule has 0 unspecified atom stereocenters. The van der Waals surface area contributed by atoms with Crippen LogP contribution >= 0.6 is 11.8 Å². The molecule has 0 atom stereocenters. The summed E-state index contributed by atoms with van der Waals surface area (Å²) in [5, 5.41) is 10.9. The average molecular weight is 483 g/mol. The molecule has 0 fully saturated rings. The minimum Gasteiger partial charge on any atom is -0.493 e. The van der Waals surface area contributed by atoms with E-state index in [-0.39, 0.29) is 12.5 Å². The van der Waals surface area contributed by atoms with Crippen LogP contribution in [0.3, 0.4) is 0 Å². The number of hydrogen-bond donors (Lipinski definition) is 0. The Balaban J connectivity index is 1.42. The Kier molecular flexibility index (Phi) is 6.23. The van der Waals surface area contributed by atoms with Crippen molar-refractivity contribution in [3.05, 3.63) is 52.8 Å². The maximum atomic E-state index is 13.6. The quantitative estimate of drug-likeness (QED) is 0.507. The summed E-state index contributed by atoms with van der Waals surface area (Å²) < 4.78 is 24.0. The van der Waals surface area contributed by atoms with Gasteiger partial charge in [-0.1, -0.05) is 17.8 Å². The molecule has 0 N–H and O–H groups in total. The molecule has 9 nitrogen and oxygen atoms in total. The molecule has 5 rings (SSSR count). The van der Waals surface area contributed by atoms with Crippen LogP contribution in [0.15, 0.2) is 35.5 Å². The molecule has 1 aliphatic heterocycles. The normalized spacial score (nSPS) is 14.4. The summed E-state index contributed by atoms with van der Waals surface area (Å²) in [5.41, 5.74) is 3.15. The number of ether oxygens (including phenoxy) is 4. The zero-order valence-corrected chi connectivity index (χ0v) is 20.2. The van der Waals surface area contributed by atoms with Crippen molar-refractivity contribution in [3.63, 3.8) is 0 Å². The number of rotatable bonds is 7. The van der Waals surface area contributed by atoms with E-state index >= 15 is 0 Å². The SMILES string of the molecule is COc1cc(C(=O)N2CCSc3nnc(COc4ccc5c(c4)CCC5)n32)cc(OC)c1OC. The highest BCUT2D eigenvalue weighted by Crippen LogP contribution is 2.38. The van der Waals surface area contributed by atoms with Gasteiger partial charge in [0.15, 0.2) is 17.3 Å². The van der Waals surface area contributed by atoms with Gasteiger partial charge in [-0.2, -0.15) is 0 Å². The highest BCUT2D eigenvalue weighted by atomic mass is 32.2. The third-order valence-corrected chi connectivity index (χ3v) is 6.94. The molecule has 0 bridgehead atoms. The second-order valence-corrected chi connectivity index (χ2v) is 9.04. The van der Waals surface area contributed by atoms with Gasteiger partial charge in [0, 0.05) is 11.3 Å². The summed E-state index contributed by atoms with van der Waals surface area (Å²) >= 11 is 1.56. The first kappa shape index (κ1) is 22.4. The van der Waals surface area contributed by atoms with Crippen molar-refractivity contribution in [1.29, 1.82) is 0 Å². The monoisotopic (exact) mass is 482 g/mol. The van der Waals surface area contributed by atoms with Crippen LogP contribution < -0.4 is 24.0 Å². The summed E-state index contributed by atoms with van der Waals surface area (Å²) in [7, 11) is 4.57. The Hall–Kier alpha value is -3.40. The van der Waals surface area contributed by atoms with Crippen LogP contribution in [0.25, 0.3) is 0 Å². The van der Waals surface area contributed by atoms with E-state index in [1.807, 2.05) is 6.07 Å². The van der Waals surface area contributed by atoms with Crippen molar-refractivity contribution < 1.29 is 23.7 Å². The number of aryl methyl sites for hydroxylation is 2. The fraction of sp³-hybridized carbons (Fsp3) is 0.375. The Morgan fingerprint density at radius 2 is 1.76 bits per heavy atom. The highest BCUT2D eigenvalue weighted by molar-refractivity contribution is 7.99. The van der Waals surface area contributed by atoms with Crippen LogP contribution in [0.2, 0.25) is 0 Å². The van der Waals surface area contributed by atoms with Gasteiger partial charge >= 0.3 is 0 Å². The Morgan fingerprint density at radius 3 is 2.50 bits per heavy atom. The average Bonchev–Trinajstić information content (AvgIpc) is 3.52. The van der Waals surface area contributed by atoms with Gasteiger partial charge in [0.2, 0.25) is 10.9 Å². The van der Waals surface area contributed by atoms with Gasteiger partial charge < -0.3 is 18.9 Å². The van der Waals surface area contributed by atoms with Crippen molar-refractivity contribution in [1.82, 2.24) is 14.9 Å². The van der Waals surface area contributed by atoms with E-state index < -0.39 is 0 Å². The molecule has 0 saturated carbocycles. The van der Waals surface area contributed by atoms with Gasteiger partial charge in [-0.15, -0.1) is 10.2 Å². The van der Waals surface area contributed by atoms with Crippen molar-refractivity contribution in [2.75, 3.05) is 38.6 Å². The van der Waals surface area contributed by atoms with E-state index in [4.69, 9.17) is 18.9 Å². The molecule has 0 saturated heterocycles. The second-order valence-electron chi connectivity index (χ2n) is 7.97. The molecule has 3 aromatic rings. The predicted molar refractivity (Wildman–Crippen MR) is 127 cm³/mol. The molecule has 1 amide bonds. The number of fused-ring (bicyclic) bond motifs is 2. The third kappa shape index (κ3) is 4.02. The number of benzene rings is 2. The Labute approximate surface area is 201 Å². The largest absolute Gasteiger partial charge is 0.493 e. The molecule has 34 heavy (non-hydrogen) atoms. The van der Waals surface area contributed by atoms with Crippen LogP contribution in [0.4, 0.5) is 0 Å². The number of hydrogen-bond acceptors (Lipinski definition) is 8. The number of thioether (sulfide) groups is 1. The fourth-order valence-corrected chi connectivity index (χ4v) is 5.25. The second kappa shape index (κ2) is 9.46. The van der Waals surface area contributed by atoms with Gasteiger partial charge in [-0.3, -0.25) is 4.79 Å². The lowest BCUT2D eigenvalue weighted by atomic mass is 10.1. The van der Waals surface area contributed by atoms with E-state index in [0.717, 1.165) is 18.6 Å². The molecule has 1 aliphatic carbocycles. The summed E-state index contributed by atoms with van der Waals surface area (Å²) in [6.45, 7) is 0.697. The zero-order chi connectivity index (χ0) is 23.7. The molecule has 178 valence electrons. The van der Waals surface area contributed by atoms with E-state index in [0.29, 0.717) is 46.1 Å². The Morgan fingerprint density at radius 1 is 1.00 bits per heavy atom.